The van der Waals surface area contributed by atoms with Gasteiger partial charge in [0, 0.05) is 39.3 Å². The fraction of sp³-hybridized carbons (Fsp3) is 0.500. The average molecular weight is 567 g/mol. The van der Waals surface area contributed by atoms with Gasteiger partial charge in [-0.05, 0) is 13.0 Å². The van der Waals surface area contributed by atoms with Crippen LogP contribution in [-0.4, -0.2) is 75.0 Å². The van der Waals surface area contributed by atoms with Gasteiger partial charge < -0.3 is 23.9 Å². The molecule has 2 aromatic rings. The lowest BCUT2D eigenvalue weighted by molar-refractivity contribution is 0.0598. The van der Waals surface area contributed by atoms with Gasteiger partial charge in [-0.15, -0.1) is 24.0 Å². The summed E-state index contributed by atoms with van der Waals surface area (Å²) in [4.78, 5) is 17.9. The van der Waals surface area contributed by atoms with Crippen LogP contribution in [-0.2, 0) is 27.1 Å². The molecule has 0 unspecified atom stereocenters. The summed E-state index contributed by atoms with van der Waals surface area (Å²) in [5, 5.41) is 6.85. The van der Waals surface area contributed by atoms with Gasteiger partial charge in [-0.2, -0.15) is 4.31 Å². The van der Waals surface area contributed by atoms with Gasteiger partial charge in [-0.3, -0.25) is 4.99 Å². The molecular formula is C18H26IN5O6S. The standard InChI is InChI=1S/C18H25N5O6S.HI/c1-13-16(17(24)27-3)10-15(29-13)11-20-18(19-2)22-5-7-23(8-6-22)30(25,26)12-14-4-9-28-21-14;/h4,9-10H,5-8,11-12H2,1-3H3,(H,19,20);1H. The number of methoxy groups -OCH3 is 1. The first-order valence-electron chi connectivity index (χ1n) is 9.34. The molecule has 2 aromatic heterocycles. The van der Waals surface area contributed by atoms with Gasteiger partial charge in [0.2, 0.25) is 10.0 Å². The monoisotopic (exact) mass is 567 g/mol. The minimum atomic E-state index is -3.47. The highest BCUT2D eigenvalue weighted by Crippen LogP contribution is 2.16. The van der Waals surface area contributed by atoms with Crippen LogP contribution >= 0.6 is 24.0 Å². The molecule has 3 rings (SSSR count). The lowest BCUT2D eigenvalue weighted by Gasteiger charge is -2.35. The van der Waals surface area contributed by atoms with Crippen molar-refractivity contribution in [1.29, 1.82) is 0 Å². The summed E-state index contributed by atoms with van der Waals surface area (Å²) >= 11 is 0. The number of aromatic nitrogens is 1. The van der Waals surface area contributed by atoms with Gasteiger partial charge in [-0.1, -0.05) is 5.16 Å². The van der Waals surface area contributed by atoms with Gasteiger partial charge in [0.05, 0.1) is 19.3 Å². The SMILES string of the molecule is CN=C(NCc1cc(C(=O)OC)c(C)o1)N1CCN(S(=O)(=O)Cc2ccon2)CC1.I. The maximum Gasteiger partial charge on any atom is 0.341 e. The quantitative estimate of drug-likeness (QED) is 0.237. The van der Waals surface area contributed by atoms with E-state index in [0.717, 1.165) is 0 Å². The molecule has 0 aliphatic carbocycles. The Morgan fingerprint density at radius 3 is 2.61 bits per heavy atom. The highest BCUT2D eigenvalue weighted by atomic mass is 127. The van der Waals surface area contributed by atoms with Gasteiger partial charge in [0.1, 0.15) is 29.1 Å². The van der Waals surface area contributed by atoms with Crippen LogP contribution in [0.25, 0.3) is 0 Å². The number of rotatable bonds is 6. The summed E-state index contributed by atoms with van der Waals surface area (Å²) in [6.45, 7) is 3.68. The second-order valence-corrected chi connectivity index (χ2v) is 8.68. The number of aryl methyl sites for hydroxylation is 1. The number of nitrogens with zero attached hydrogens (tertiary/aromatic N) is 4. The van der Waals surface area contributed by atoms with Crippen LogP contribution < -0.4 is 5.32 Å². The fourth-order valence-electron chi connectivity index (χ4n) is 3.21. The van der Waals surface area contributed by atoms with E-state index in [-0.39, 0.29) is 29.7 Å². The number of carbonyl (C=O) groups is 1. The Hall–Kier alpha value is -2.13. The third-order valence-corrected chi connectivity index (χ3v) is 6.57. The van der Waals surface area contributed by atoms with Crippen molar-refractivity contribution in [1.82, 2.24) is 19.7 Å². The fourth-order valence-corrected chi connectivity index (χ4v) is 4.64. The largest absolute Gasteiger partial charge is 0.465 e. The first kappa shape index (κ1) is 25.1. The van der Waals surface area contributed by atoms with Crippen molar-refractivity contribution in [2.75, 3.05) is 40.3 Å². The number of hydrogen-bond acceptors (Lipinski definition) is 8. The summed E-state index contributed by atoms with van der Waals surface area (Å²) in [5.41, 5.74) is 0.769. The Balaban J connectivity index is 0.00000341. The highest BCUT2D eigenvalue weighted by Gasteiger charge is 2.29. The molecule has 1 saturated heterocycles. The summed E-state index contributed by atoms with van der Waals surface area (Å²) in [5.74, 6) is 1.05. The second-order valence-electron chi connectivity index (χ2n) is 6.71. The van der Waals surface area contributed by atoms with Crippen molar-refractivity contribution in [3.05, 3.63) is 41.2 Å². The first-order chi connectivity index (χ1) is 14.3. The Morgan fingerprint density at radius 2 is 2.03 bits per heavy atom. The molecule has 13 heteroatoms. The minimum absolute atomic E-state index is 0. The molecule has 1 N–H and O–H groups in total. The highest BCUT2D eigenvalue weighted by molar-refractivity contribution is 14.0. The number of guanidine groups is 1. The van der Waals surface area contributed by atoms with Crippen LogP contribution in [0.3, 0.4) is 0 Å². The molecule has 11 nitrogen and oxygen atoms in total. The summed E-state index contributed by atoms with van der Waals surface area (Å²) in [6.07, 6.45) is 1.35. The Kier molecular flexibility index (Phi) is 8.88. The van der Waals surface area contributed by atoms with Gasteiger partial charge in [0.15, 0.2) is 5.96 Å². The zero-order chi connectivity index (χ0) is 21.7. The van der Waals surface area contributed by atoms with Gasteiger partial charge >= 0.3 is 5.97 Å². The number of furan rings is 1. The van der Waals surface area contributed by atoms with Crippen LogP contribution in [0.5, 0.6) is 0 Å². The molecule has 0 bridgehead atoms. The van der Waals surface area contributed by atoms with Crippen molar-refractivity contribution < 1.29 is 26.9 Å². The molecular weight excluding hydrogens is 541 g/mol. The van der Waals surface area contributed by atoms with Crippen molar-refractivity contribution in [2.45, 2.75) is 19.2 Å². The van der Waals surface area contributed by atoms with Gasteiger partial charge in [0.25, 0.3) is 0 Å². The van der Waals surface area contributed by atoms with E-state index < -0.39 is 16.0 Å². The van der Waals surface area contributed by atoms with Crippen molar-refractivity contribution >= 4 is 45.9 Å². The number of aliphatic imine (C=N–C) groups is 1. The molecule has 0 radical (unpaired) electrons. The van der Waals surface area contributed by atoms with E-state index in [1.165, 1.54) is 17.7 Å². The lowest BCUT2D eigenvalue weighted by Crippen LogP contribution is -2.53. The number of ether oxygens (including phenoxy) is 1. The van der Waals surface area contributed by atoms with Crippen LogP contribution in [0.15, 0.2) is 32.3 Å². The summed E-state index contributed by atoms with van der Waals surface area (Å²) < 4.78 is 41.6. The number of carbonyl (C=O) groups excluding carboxylic acids is 1. The van der Waals surface area contributed by atoms with E-state index in [4.69, 9.17) is 13.7 Å². The van der Waals surface area contributed by atoms with Crippen LogP contribution in [0, 0.1) is 6.92 Å². The topological polar surface area (TPSA) is 130 Å². The van der Waals surface area contributed by atoms with Crippen LogP contribution in [0.2, 0.25) is 0 Å². The summed E-state index contributed by atoms with van der Waals surface area (Å²) in [6, 6.07) is 3.18. The zero-order valence-corrected chi connectivity index (χ0v) is 20.7. The summed E-state index contributed by atoms with van der Waals surface area (Å²) in [7, 11) is -0.489. The third kappa shape index (κ3) is 6.20. The predicted octanol–water partition coefficient (Wildman–Crippen LogP) is 1.20. The Labute approximate surface area is 197 Å². The Morgan fingerprint density at radius 1 is 1.32 bits per heavy atom. The average Bonchev–Trinajstić information content (AvgIpc) is 3.37. The minimum Gasteiger partial charge on any atom is -0.465 e. The zero-order valence-electron chi connectivity index (χ0n) is 17.5. The van der Waals surface area contributed by atoms with E-state index in [0.29, 0.717) is 61.5 Å². The number of nitrogens with one attached hydrogen (secondary N) is 1. The molecule has 1 fully saturated rings. The predicted molar refractivity (Wildman–Crippen MR) is 123 cm³/mol. The van der Waals surface area contributed by atoms with Gasteiger partial charge in [-0.25, -0.2) is 13.2 Å². The normalized spacial score (nSPS) is 15.5. The number of hydrogen-bond donors (Lipinski definition) is 1. The first-order valence-corrected chi connectivity index (χ1v) is 10.9. The molecule has 172 valence electrons. The molecule has 31 heavy (non-hydrogen) atoms. The van der Waals surface area contributed by atoms with E-state index in [9.17, 15) is 13.2 Å². The molecule has 1 aliphatic heterocycles. The van der Waals surface area contributed by atoms with Crippen molar-refractivity contribution in [3.8, 4) is 0 Å². The molecule has 0 spiro atoms. The lowest BCUT2D eigenvalue weighted by atomic mass is 10.2. The van der Waals surface area contributed by atoms with E-state index in [1.54, 1.807) is 26.1 Å². The van der Waals surface area contributed by atoms with Crippen LogP contribution in [0.1, 0.15) is 27.6 Å². The second kappa shape index (κ2) is 10.9. The molecule has 0 atom stereocenters. The molecule has 0 saturated carbocycles. The molecule has 0 aromatic carbocycles. The van der Waals surface area contributed by atoms with E-state index in [2.05, 4.69) is 15.5 Å². The number of halogens is 1. The van der Waals surface area contributed by atoms with Crippen molar-refractivity contribution in [2.24, 2.45) is 4.99 Å². The van der Waals surface area contributed by atoms with Crippen LogP contribution in [0.4, 0.5) is 0 Å². The maximum absolute atomic E-state index is 12.6. The third-order valence-electron chi connectivity index (χ3n) is 4.76. The smallest absolute Gasteiger partial charge is 0.341 e. The molecule has 0 amide bonds. The Bertz CT molecular complexity index is 997. The van der Waals surface area contributed by atoms with Crippen molar-refractivity contribution in [3.63, 3.8) is 0 Å². The van der Waals surface area contributed by atoms with E-state index >= 15 is 0 Å². The molecule has 1 aliphatic rings. The number of piperazine rings is 1. The maximum atomic E-state index is 12.6. The number of sulfonamides is 1. The van der Waals surface area contributed by atoms with E-state index in [1.807, 2.05) is 4.90 Å². The number of esters is 1. The molecule has 3 heterocycles.